The van der Waals surface area contributed by atoms with Crippen LogP contribution >= 0.6 is 0 Å². The van der Waals surface area contributed by atoms with E-state index < -0.39 is 23.4 Å². The van der Waals surface area contributed by atoms with Crippen molar-refractivity contribution in [2.24, 2.45) is 0 Å². The summed E-state index contributed by atoms with van der Waals surface area (Å²) in [6.07, 6.45) is -1.47. The fourth-order valence-corrected chi connectivity index (χ4v) is 2.61. The molecule has 5 nitrogen and oxygen atoms in total. The molecule has 1 aliphatic rings. The van der Waals surface area contributed by atoms with Gasteiger partial charge in [0.05, 0.1) is 5.56 Å². The summed E-state index contributed by atoms with van der Waals surface area (Å²) in [5, 5.41) is 11.2. The van der Waals surface area contributed by atoms with E-state index in [1.807, 2.05) is 6.07 Å². The van der Waals surface area contributed by atoms with Gasteiger partial charge in [0.15, 0.2) is 0 Å². The van der Waals surface area contributed by atoms with Gasteiger partial charge in [-0.15, -0.1) is 0 Å². The maximum Gasteiger partial charge on any atom is 0.336 e. The largest absolute Gasteiger partial charge is 0.485 e. The number of aliphatic hydroxyl groups is 1. The topological polar surface area (TPSA) is 68.9 Å². The van der Waals surface area contributed by atoms with E-state index in [4.69, 9.17) is 13.9 Å². The second-order valence-corrected chi connectivity index (χ2v) is 5.46. The maximum atomic E-state index is 11.5. The van der Waals surface area contributed by atoms with E-state index in [0.29, 0.717) is 16.9 Å². The molecule has 5 heteroatoms. The van der Waals surface area contributed by atoms with E-state index in [0.717, 1.165) is 5.39 Å². The van der Waals surface area contributed by atoms with E-state index in [1.165, 1.54) is 13.2 Å². The zero-order valence-electron chi connectivity index (χ0n) is 11.5. The lowest BCUT2D eigenvalue weighted by Gasteiger charge is -2.41. The van der Waals surface area contributed by atoms with Crippen molar-refractivity contribution in [1.82, 2.24) is 0 Å². The second kappa shape index (κ2) is 4.33. The van der Waals surface area contributed by atoms with Gasteiger partial charge in [-0.2, -0.15) is 0 Å². The van der Waals surface area contributed by atoms with Gasteiger partial charge in [0.2, 0.25) is 0 Å². The van der Waals surface area contributed by atoms with Gasteiger partial charge in [0, 0.05) is 18.6 Å². The quantitative estimate of drug-likeness (QED) is 0.807. The lowest BCUT2D eigenvalue weighted by Crippen LogP contribution is -2.49. The number of rotatable bonds is 1. The Morgan fingerprint density at radius 3 is 2.65 bits per heavy atom. The summed E-state index contributed by atoms with van der Waals surface area (Å²) in [4.78, 5) is 11.5. The van der Waals surface area contributed by atoms with Crippen LogP contribution in [-0.4, -0.2) is 23.9 Å². The monoisotopic (exact) mass is 276 g/mol. The summed E-state index contributed by atoms with van der Waals surface area (Å²) >= 11 is 0. The van der Waals surface area contributed by atoms with Crippen LogP contribution in [0.2, 0.25) is 0 Å². The highest BCUT2D eigenvalue weighted by atomic mass is 16.5. The summed E-state index contributed by atoms with van der Waals surface area (Å²) in [5.41, 5.74) is -0.248. The number of aliphatic hydroxyl groups excluding tert-OH is 1. The molecule has 2 heterocycles. The highest BCUT2D eigenvalue weighted by Gasteiger charge is 2.44. The van der Waals surface area contributed by atoms with Crippen molar-refractivity contribution in [2.75, 3.05) is 7.11 Å². The molecule has 0 saturated heterocycles. The van der Waals surface area contributed by atoms with Crippen LogP contribution in [0.5, 0.6) is 5.75 Å². The van der Waals surface area contributed by atoms with Gasteiger partial charge in [-0.05, 0) is 32.0 Å². The van der Waals surface area contributed by atoms with Crippen molar-refractivity contribution in [3.8, 4) is 5.75 Å². The lowest BCUT2D eigenvalue weighted by molar-refractivity contribution is -0.123. The number of methoxy groups -OCH3 is 1. The molecule has 2 aromatic rings. The van der Waals surface area contributed by atoms with Crippen molar-refractivity contribution in [3.05, 3.63) is 40.2 Å². The predicted octanol–water partition coefficient (Wildman–Crippen LogP) is 2.01. The molecule has 0 bridgehead atoms. The Bertz CT molecular complexity index is 716. The van der Waals surface area contributed by atoms with Gasteiger partial charge in [-0.25, -0.2) is 4.79 Å². The highest BCUT2D eigenvalue weighted by Crippen LogP contribution is 2.44. The molecule has 0 radical (unpaired) electrons. The highest BCUT2D eigenvalue weighted by molar-refractivity contribution is 5.83. The van der Waals surface area contributed by atoms with Crippen LogP contribution in [-0.2, 0) is 4.74 Å². The minimum atomic E-state index is -0.865. The molecule has 0 unspecified atom stereocenters. The minimum Gasteiger partial charge on any atom is -0.485 e. The molecule has 3 rings (SSSR count). The molecule has 0 aliphatic carbocycles. The van der Waals surface area contributed by atoms with Crippen molar-refractivity contribution in [3.63, 3.8) is 0 Å². The van der Waals surface area contributed by atoms with E-state index in [-0.39, 0.29) is 0 Å². The second-order valence-electron chi connectivity index (χ2n) is 5.46. The van der Waals surface area contributed by atoms with Crippen LogP contribution in [0.25, 0.3) is 11.0 Å². The summed E-state index contributed by atoms with van der Waals surface area (Å²) in [6, 6.07) is 6.66. The zero-order valence-corrected chi connectivity index (χ0v) is 11.5. The van der Waals surface area contributed by atoms with Gasteiger partial charge < -0.3 is 19.0 Å². The summed E-state index contributed by atoms with van der Waals surface area (Å²) in [6.45, 7) is 3.58. The molecule has 0 spiro atoms. The molecule has 106 valence electrons. The zero-order chi connectivity index (χ0) is 14.5. The minimum absolute atomic E-state index is 0.399. The van der Waals surface area contributed by atoms with Crippen molar-refractivity contribution in [2.45, 2.75) is 31.7 Å². The van der Waals surface area contributed by atoms with E-state index >= 15 is 0 Å². The standard InChI is InChI=1S/C15H16O5/c1-15(2)14(17)13(18-3)11-9(20-15)6-4-8-5-7-10(16)19-12(8)11/h4-7,13-14,17H,1-3H3/t13-,14+/m0/s1. The van der Waals surface area contributed by atoms with E-state index in [1.54, 1.807) is 26.0 Å². The summed E-state index contributed by atoms with van der Waals surface area (Å²) in [7, 11) is 1.51. The smallest absolute Gasteiger partial charge is 0.336 e. The van der Waals surface area contributed by atoms with Gasteiger partial charge >= 0.3 is 5.63 Å². The normalized spacial score (nSPS) is 24.2. The number of hydrogen-bond acceptors (Lipinski definition) is 5. The first-order chi connectivity index (χ1) is 9.44. The van der Waals surface area contributed by atoms with Crippen LogP contribution < -0.4 is 10.4 Å². The van der Waals surface area contributed by atoms with Crippen LogP contribution in [0.15, 0.2) is 33.5 Å². The lowest BCUT2D eigenvalue weighted by atomic mass is 9.87. The fourth-order valence-electron chi connectivity index (χ4n) is 2.61. The number of fused-ring (bicyclic) bond motifs is 3. The number of benzene rings is 1. The van der Waals surface area contributed by atoms with E-state index in [2.05, 4.69) is 0 Å². The Balaban J connectivity index is 2.34. The molecule has 0 saturated carbocycles. The predicted molar refractivity (Wildman–Crippen MR) is 72.9 cm³/mol. The molecule has 20 heavy (non-hydrogen) atoms. The van der Waals surface area contributed by atoms with Crippen LogP contribution in [0.4, 0.5) is 0 Å². The third kappa shape index (κ3) is 1.82. The number of hydrogen-bond donors (Lipinski definition) is 1. The first-order valence-electron chi connectivity index (χ1n) is 6.40. The van der Waals surface area contributed by atoms with Crippen LogP contribution in [0.3, 0.4) is 0 Å². The number of ether oxygens (including phenoxy) is 2. The Kier molecular flexibility index (Phi) is 2.84. The first kappa shape index (κ1) is 13.1. The molecule has 0 amide bonds. The maximum absolute atomic E-state index is 11.5. The third-order valence-electron chi connectivity index (χ3n) is 3.70. The van der Waals surface area contributed by atoms with Crippen molar-refractivity contribution < 1.29 is 19.0 Å². The summed E-state index contributed by atoms with van der Waals surface area (Å²) < 4.78 is 16.5. The van der Waals surface area contributed by atoms with Gasteiger partial charge in [-0.3, -0.25) is 0 Å². The summed E-state index contributed by atoms with van der Waals surface area (Å²) in [5.74, 6) is 0.564. The van der Waals surface area contributed by atoms with Gasteiger partial charge in [0.25, 0.3) is 0 Å². The Morgan fingerprint density at radius 2 is 1.95 bits per heavy atom. The Morgan fingerprint density at radius 1 is 1.25 bits per heavy atom. The fraction of sp³-hybridized carbons (Fsp3) is 0.400. The van der Waals surface area contributed by atoms with Gasteiger partial charge in [0.1, 0.15) is 29.1 Å². The van der Waals surface area contributed by atoms with E-state index in [9.17, 15) is 9.90 Å². The molecule has 1 aromatic heterocycles. The molecule has 1 aromatic carbocycles. The molecular formula is C15H16O5. The third-order valence-corrected chi connectivity index (χ3v) is 3.70. The first-order valence-corrected chi connectivity index (χ1v) is 6.40. The molecule has 0 fully saturated rings. The molecule has 2 atom stereocenters. The van der Waals surface area contributed by atoms with Crippen molar-refractivity contribution >= 4 is 11.0 Å². The Hall–Kier alpha value is -1.85. The molecule has 1 N–H and O–H groups in total. The van der Waals surface area contributed by atoms with Crippen molar-refractivity contribution in [1.29, 1.82) is 0 Å². The van der Waals surface area contributed by atoms with Crippen LogP contribution in [0.1, 0.15) is 25.5 Å². The van der Waals surface area contributed by atoms with Crippen LogP contribution in [0, 0.1) is 0 Å². The SMILES string of the molecule is CO[C@H]1c2c(ccc3ccc(=O)oc23)OC(C)(C)[C@@H]1O. The average molecular weight is 276 g/mol. The average Bonchev–Trinajstić information content (AvgIpc) is 2.40. The molecule has 1 aliphatic heterocycles. The van der Waals surface area contributed by atoms with Gasteiger partial charge in [-0.1, -0.05) is 0 Å². The Labute approximate surface area is 115 Å². The molecular weight excluding hydrogens is 260 g/mol.